The number of ether oxygens (including phenoxy) is 1. The molecule has 1 aliphatic carbocycles. The quantitative estimate of drug-likeness (QED) is 0.854. The number of aromatic nitrogens is 2. The molecular weight excluding hydrogens is 355 g/mol. The Hall–Kier alpha value is -2.26. The topological polar surface area (TPSA) is 84.7 Å². The number of alkyl halides is 3. The number of fused-ring (bicyclic) bond motifs is 1. The van der Waals surface area contributed by atoms with E-state index >= 15 is 0 Å². The van der Waals surface area contributed by atoms with Crippen LogP contribution in [-0.4, -0.2) is 44.8 Å². The molecule has 0 radical (unpaired) electrons. The van der Waals surface area contributed by atoms with Crippen LogP contribution in [0.4, 0.5) is 23.8 Å². The summed E-state index contributed by atoms with van der Waals surface area (Å²) >= 11 is 0. The number of hydrogen-bond acceptors (Lipinski definition) is 4. The Balaban J connectivity index is 2.13. The zero-order chi connectivity index (χ0) is 19.4. The van der Waals surface area contributed by atoms with Gasteiger partial charge in [0.1, 0.15) is 11.2 Å². The average Bonchev–Trinajstić information content (AvgIpc) is 3.21. The van der Waals surface area contributed by atoms with E-state index in [1.54, 1.807) is 20.8 Å². The van der Waals surface area contributed by atoms with E-state index in [9.17, 15) is 27.9 Å². The summed E-state index contributed by atoms with van der Waals surface area (Å²) in [6, 6.07) is -2.76. The van der Waals surface area contributed by atoms with Gasteiger partial charge in [0.05, 0.1) is 6.20 Å². The fourth-order valence-corrected chi connectivity index (χ4v) is 3.26. The molecule has 1 N–H and O–H groups in total. The van der Waals surface area contributed by atoms with Crippen molar-refractivity contribution in [2.45, 2.75) is 63.9 Å². The van der Waals surface area contributed by atoms with E-state index in [0.29, 0.717) is 17.5 Å². The van der Waals surface area contributed by atoms with Gasteiger partial charge >= 0.3 is 18.2 Å². The zero-order valence-corrected chi connectivity index (χ0v) is 14.6. The van der Waals surface area contributed by atoms with Crippen LogP contribution in [0.5, 0.6) is 0 Å². The number of carbonyl (C=O) groups excluding carboxylic acids is 1. The first kappa shape index (κ1) is 18.5. The van der Waals surface area contributed by atoms with Crippen molar-refractivity contribution in [1.29, 1.82) is 0 Å². The Morgan fingerprint density at radius 2 is 1.88 bits per heavy atom. The molecule has 26 heavy (non-hydrogen) atoms. The van der Waals surface area contributed by atoms with E-state index in [4.69, 9.17) is 4.74 Å². The largest absolute Gasteiger partial charge is 0.477 e. The van der Waals surface area contributed by atoms with Crippen molar-refractivity contribution in [2.75, 3.05) is 4.90 Å². The van der Waals surface area contributed by atoms with Gasteiger partial charge in [-0.3, -0.25) is 4.90 Å². The highest BCUT2D eigenvalue weighted by Gasteiger charge is 2.54. The number of carboxylic acid groups (broad SMARTS) is 1. The minimum absolute atomic E-state index is 0.113. The molecule has 10 heteroatoms. The Kier molecular flexibility index (Phi) is 4.19. The predicted octanol–water partition coefficient (Wildman–Crippen LogP) is 3.61. The van der Waals surface area contributed by atoms with Crippen molar-refractivity contribution in [3.05, 3.63) is 11.8 Å². The summed E-state index contributed by atoms with van der Waals surface area (Å²) in [5, 5.41) is 13.0. The summed E-state index contributed by atoms with van der Waals surface area (Å²) in [4.78, 5) is 25.3. The molecule has 1 saturated carbocycles. The van der Waals surface area contributed by atoms with Crippen molar-refractivity contribution < 1.29 is 32.6 Å². The molecular formula is C16H20F3N3O4. The molecule has 1 aromatic rings. The van der Waals surface area contributed by atoms with Gasteiger partial charge in [0.2, 0.25) is 0 Å². The van der Waals surface area contributed by atoms with Crippen molar-refractivity contribution in [3.63, 3.8) is 0 Å². The molecule has 1 aliphatic heterocycles. The van der Waals surface area contributed by atoms with E-state index in [1.165, 1.54) is 0 Å². The van der Waals surface area contributed by atoms with E-state index in [1.807, 2.05) is 0 Å². The highest BCUT2D eigenvalue weighted by molar-refractivity contribution is 5.99. The Bertz CT molecular complexity index is 734. The maximum Gasteiger partial charge on any atom is 0.416 e. The van der Waals surface area contributed by atoms with Crippen LogP contribution in [0.2, 0.25) is 0 Å². The van der Waals surface area contributed by atoms with E-state index in [0.717, 1.165) is 11.1 Å². The van der Waals surface area contributed by atoms with E-state index in [-0.39, 0.29) is 18.2 Å². The van der Waals surface area contributed by atoms with Crippen molar-refractivity contribution in [3.8, 4) is 0 Å². The lowest BCUT2D eigenvalue weighted by atomic mass is 9.97. The Morgan fingerprint density at radius 3 is 2.35 bits per heavy atom. The minimum Gasteiger partial charge on any atom is -0.477 e. The molecule has 1 aromatic heterocycles. The fourth-order valence-electron chi connectivity index (χ4n) is 3.26. The third-order valence-corrected chi connectivity index (χ3v) is 4.45. The van der Waals surface area contributed by atoms with Crippen LogP contribution in [0, 0.1) is 5.92 Å². The molecule has 1 amide bonds. The first-order chi connectivity index (χ1) is 11.9. The number of nitrogens with zero attached hydrogens (tertiary/aromatic N) is 3. The van der Waals surface area contributed by atoms with Crippen LogP contribution in [0.3, 0.4) is 0 Å². The van der Waals surface area contributed by atoms with Crippen molar-refractivity contribution in [2.24, 2.45) is 5.92 Å². The maximum absolute atomic E-state index is 13.5. The minimum atomic E-state index is -4.61. The third-order valence-electron chi connectivity index (χ3n) is 4.45. The Morgan fingerprint density at radius 1 is 1.27 bits per heavy atom. The standard InChI is InChI=1S/C16H20F3N3O4/c1-15(2,3)26-14(25)21-10(8-4-5-8)6-11(16(17,18)19)22-12(21)9(7-20-22)13(23)24/h7-8,10-11H,4-6H2,1-3H3,(H,23,24). The first-order valence-corrected chi connectivity index (χ1v) is 8.30. The van der Waals surface area contributed by atoms with Crippen LogP contribution in [0.1, 0.15) is 56.4 Å². The predicted molar refractivity (Wildman–Crippen MR) is 84.1 cm³/mol. The average molecular weight is 375 g/mol. The van der Waals surface area contributed by atoms with Gasteiger partial charge in [-0.15, -0.1) is 0 Å². The van der Waals surface area contributed by atoms with E-state index < -0.39 is 41.5 Å². The van der Waals surface area contributed by atoms with Gasteiger partial charge in [-0.05, 0) is 39.5 Å². The van der Waals surface area contributed by atoms with Gasteiger partial charge in [0, 0.05) is 12.5 Å². The van der Waals surface area contributed by atoms with Crippen molar-refractivity contribution in [1.82, 2.24) is 9.78 Å². The molecule has 0 bridgehead atoms. The van der Waals surface area contributed by atoms with Gasteiger partial charge in [0.25, 0.3) is 0 Å². The van der Waals surface area contributed by atoms with Crippen LogP contribution >= 0.6 is 0 Å². The molecule has 3 rings (SSSR count). The Labute approximate surface area is 147 Å². The number of anilines is 1. The second-order valence-corrected chi connectivity index (χ2v) is 7.68. The van der Waals surface area contributed by atoms with Crippen molar-refractivity contribution >= 4 is 17.9 Å². The smallest absolute Gasteiger partial charge is 0.416 e. The number of carboxylic acids is 1. The monoisotopic (exact) mass is 375 g/mol. The highest BCUT2D eigenvalue weighted by Crippen LogP contribution is 2.49. The molecule has 0 aromatic carbocycles. The summed E-state index contributed by atoms with van der Waals surface area (Å²) < 4.78 is 46.6. The second kappa shape index (κ2) is 5.88. The lowest BCUT2D eigenvalue weighted by Gasteiger charge is -2.41. The molecule has 2 heterocycles. The summed E-state index contributed by atoms with van der Waals surface area (Å²) in [6.45, 7) is 4.90. The molecule has 0 saturated heterocycles. The molecule has 2 aliphatic rings. The maximum atomic E-state index is 13.5. The molecule has 2 atom stereocenters. The summed E-state index contributed by atoms with van der Waals surface area (Å²) in [5.74, 6) is -1.92. The number of halogens is 3. The first-order valence-electron chi connectivity index (χ1n) is 8.30. The number of aromatic carboxylic acids is 1. The lowest BCUT2D eigenvalue weighted by Crippen LogP contribution is -2.52. The lowest BCUT2D eigenvalue weighted by molar-refractivity contribution is -0.175. The van der Waals surface area contributed by atoms with Gasteiger partial charge in [-0.1, -0.05) is 0 Å². The molecule has 144 valence electrons. The molecule has 1 fully saturated rings. The number of hydrogen-bond donors (Lipinski definition) is 1. The van der Waals surface area contributed by atoms with Gasteiger partial charge in [0.15, 0.2) is 11.9 Å². The number of amides is 1. The van der Waals surface area contributed by atoms with Gasteiger partial charge in [-0.2, -0.15) is 18.3 Å². The van der Waals surface area contributed by atoms with Crippen LogP contribution in [0.15, 0.2) is 6.20 Å². The summed E-state index contributed by atoms with van der Waals surface area (Å²) in [7, 11) is 0. The van der Waals surface area contributed by atoms with Gasteiger partial charge < -0.3 is 9.84 Å². The summed E-state index contributed by atoms with van der Waals surface area (Å²) in [5.41, 5.74) is -1.32. The highest BCUT2D eigenvalue weighted by atomic mass is 19.4. The number of carbonyl (C=O) groups is 2. The van der Waals surface area contributed by atoms with E-state index in [2.05, 4.69) is 5.10 Å². The fraction of sp³-hybridized carbons (Fsp3) is 0.688. The zero-order valence-electron chi connectivity index (χ0n) is 14.6. The third kappa shape index (κ3) is 3.36. The SMILES string of the molecule is CC(C)(C)OC(=O)N1c2c(C(=O)O)cnn2C(C(F)(F)F)CC1C1CC1. The van der Waals surface area contributed by atoms with Crippen LogP contribution in [-0.2, 0) is 4.74 Å². The normalized spacial score (nSPS) is 23.5. The molecule has 2 unspecified atom stereocenters. The second-order valence-electron chi connectivity index (χ2n) is 7.68. The number of rotatable bonds is 2. The molecule has 0 spiro atoms. The summed E-state index contributed by atoms with van der Waals surface area (Å²) in [6.07, 6.45) is -3.62. The van der Waals surface area contributed by atoms with Crippen LogP contribution in [0.25, 0.3) is 0 Å². The van der Waals surface area contributed by atoms with Gasteiger partial charge in [-0.25, -0.2) is 14.3 Å². The molecule has 7 nitrogen and oxygen atoms in total. The van der Waals surface area contributed by atoms with Crippen LogP contribution < -0.4 is 4.90 Å².